The molecule has 0 unspecified atom stereocenters. The lowest BCUT2D eigenvalue weighted by Gasteiger charge is -2.22. The van der Waals surface area contributed by atoms with Gasteiger partial charge >= 0.3 is 12.1 Å². The summed E-state index contributed by atoms with van der Waals surface area (Å²) in [5.41, 5.74) is 6.39. The maximum atomic E-state index is 13.1. The van der Waals surface area contributed by atoms with E-state index in [2.05, 4.69) is 20.9 Å². The van der Waals surface area contributed by atoms with Crippen LogP contribution in [0.15, 0.2) is 30.5 Å². The van der Waals surface area contributed by atoms with E-state index in [0.29, 0.717) is 19.4 Å². The molecule has 0 fully saturated rings. The molecule has 0 spiro atoms. The molecule has 0 aliphatic rings. The summed E-state index contributed by atoms with van der Waals surface area (Å²) in [6.45, 7) is 5.09. The average Bonchev–Trinajstić information content (AvgIpc) is 3.18. The monoisotopic (exact) mass is 489 g/mol. The maximum Gasteiger partial charge on any atom is 0.408 e. The minimum absolute atomic E-state index is 0.114. The number of fused-ring (bicyclic) bond motifs is 1. The molecule has 3 amide bonds. The number of nitrogens with two attached hydrogens (primary N) is 1. The molecule has 0 saturated heterocycles. The second-order valence-corrected chi connectivity index (χ2v) is 9.22. The van der Waals surface area contributed by atoms with E-state index in [0.717, 1.165) is 16.5 Å². The molecule has 2 aromatic rings. The number of carbonyl (C=O) groups excluding carboxylic acids is 3. The average molecular weight is 490 g/mol. The number of rotatable bonds is 12. The van der Waals surface area contributed by atoms with Gasteiger partial charge < -0.3 is 36.5 Å². The van der Waals surface area contributed by atoms with Crippen LogP contribution in [-0.2, 0) is 25.5 Å². The van der Waals surface area contributed by atoms with Gasteiger partial charge in [-0.05, 0) is 58.2 Å². The van der Waals surface area contributed by atoms with Crippen LogP contribution in [0.4, 0.5) is 4.79 Å². The number of alkyl carbamates (subject to hydrolysis) is 1. The molecule has 0 aliphatic heterocycles. The van der Waals surface area contributed by atoms with Gasteiger partial charge in [0.25, 0.3) is 0 Å². The molecule has 0 saturated carbocycles. The highest BCUT2D eigenvalue weighted by molar-refractivity contribution is 5.92. The third-order valence-electron chi connectivity index (χ3n) is 5.10. The van der Waals surface area contributed by atoms with Crippen LogP contribution in [0.1, 0.15) is 45.6 Å². The standard InChI is InChI=1S/C24H35N5O6/c1-24(2,3)35-23(34)27-14-20(30)28-19(12-15-13-26-17-9-5-4-8-16(15)17)21(31)29-18(22(32)33)10-6-7-11-25/h4-5,8-9,13,18-19,26H,6-7,10-12,14,25H2,1-3H3,(H,27,34)(H,28,30)(H,29,31)(H,32,33)/t18-,19-/m0/s1. The van der Waals surface area contributed by atoms with Gasteiger partial charge in [-0.2, -0.15) is 0 Å². The fourth-order valence-electron chi connectivity index (χ4n) is 3.46. The van der Waals surface area contributed by atoms with Crippen molar-refractivity contribution in [3.8, 4) is 0 Å². The van der Waals surface area contributed by atoms with Crippen molar-refractivity contribution < 1.29 is 29.0 Å². The van der Waals surface area contributed by atoms with Gasteiger partial charge in [0.2, 0.25) is 11.8 Å². The lowest BCUT2D eigenvalue weighted by molar-refractivity contribution is -0.142. The SMILES string of the molecule is CC(C)(C)OC(=O)NCC(=O)N[C@@H](Cc1c[nH]c2ccccc12)C(=O)N[C@@H](CCCCN)C(=O)O. The molecule has 11 heteroatoms. The molecule has 0 bridgehead atoms. The first-order chi connectivity index (χ1) is 16.5. The predicted octanol–water partition coefficient (Wildman–Crippen LogP) is 1.42. The summed E-state index contributed by atoms with van der Waals surface area (Å²) in [5.74, 6) is -2.42. The zero-order valence-corrected chi connectivity index (χ0v) is 20.3. The third kappa shape index (κ3) is 9.28. The summed E-state index contributed by atoms with van der Waals surface area (Å²) in [6.07, 6.45) is 2.47. The number of carbonyl (C=O) groups is 4. The Morgan fingerprint density at radius 2 is 1.80 bits per heavy atom. The summed E-state index contributed by atoms with van der Waals surface area (Å²) < 4.78 is 5.11. The first kappa shape index (κ1) is 27.6. The van der Waals surface area contributed by atoms with Crippen LogP contribution >= 0.6 is 0 Å². The molecular weight excluding hydrogens is 454 g/mol. The number of H-pyrrole nitrogens is 1. The quantitative estimate of drug-likeness (QED) is 0.244. The lowest BCUT2D eigenvalue weighted by atomic mass is 10.0. The van der Waals surface area contributed by atoms with E-state index in [4.69, 9.17) is 10.5 Å². The second kappa shape index (κ2) is 12.7. The van der Waals surface area contributed by atoms with E-state index in [1.165, 1.54) is 0 Å². The summed E-state index contributed by atoms with van der Waals surface area (Å²) >= 11 is 0. The van der Waals surface area contributed by atoms with Crippen LogP contribution in [0, 0.1) is 0 Å². The van der Waals surface area contributed by atoms with Crippen LogP contribution < -0.4 is 21.7 Å². The molecule has 1 aromatic carbocycles. The number of carboxylic acid groups (broad SMARTS) is 1. The zero-order chi connectivity index (χ0) is 26.0. The highest BCUT2D eigenvalue weighted by Crippen LogP contribution is 2.19. The number of hydrogen-bond donors (Lipinski definition) is 6. The molecule has 11 nitrogen and oxygen atoms in total. The Balaban J connectivity index is 2.13. The number of carboxylic acids is 1. The van der Waals surface area contributed by atoms with Crippen LogP contribution in [0.3, 0.4) is 0 Å². The van der Waals surface area contributed by atoms with Crippen molar-refractivity contribution in [3.05, 3.63) is 36.0 Å². The number of ether oxygens (including phenoxy) is 1. The molecule has 1 aromatic heterocycles. The Labute approximate surface area is 204 Å². The van der Waals surface area contributed by atoms with E-state index < -0.39 is 48.1 Å². The molecular formula is C24H35N5O6. The first-order valence-electron chi connectivity index (χ1n) is 11.5. The van der Waals surface area contributed by atoms with Gasteiger partial charge in [-0.3, -0.25) is 9.59 Å². The highest BCUT2D eigenvalue weighted by Gasteiger charge is 2.27. The number of aromatic nitrogens is 1. The summed E-state index contributed by atoms with van der Waals surface area (Å²) in [5, 5.41) is 17.9. The number of unbranched alkanes of at least 4 members (excludes halogenated alkanes) is 1. The van der Waals surface area contributed by atoms with Crippen LogP contribution in [0.25, 0.3) is 10.9 Å². The van der Waals surface area contributed by atoms with Crippen molar-refractivity contribution >= 4 is 34.8 Å². The largest absolute Gasteiger partial charge is 0.480 e. The van der Waals surface area contributed by atoms with Crippen molar-refractivity contribution in [2.24, 2.45) is 5.73 Å². The molecule has 2 atom stereocenters. The number of para-hydroxylation sites is 1. The van der Waals surface area contributed by atoms with Crippen LogP contribution in [0.5, 0.6) is 0 Å². The number of amides is 3. The number of hydrogen-bond acceptors (Lipinski definition) is 6. The number of nitrogens with one attached hydrogen (secondary N) is 4. The van der Waals surface area contributed by atoms with Crippen LogP contribution in [-0.4, -0.2) is 64.7 Å². The molecule has 7 N–H and O–H groups in total. The molecule has 2 rings (SSSR count). The lowest BCUT2D eigenvalue weighted by Crippen LogP contribution is -2.54. The molecule has 0 radical (unpaired) electrons. The van der Waals surface area contributed by atoms with Crippen LogP contribution in [0.2, 0.25) is 0 Å². The van der Waals surface area contributed by atoms with E-state index in [9.17, 15) is 24.3 Å². The summed E-state index contributed by atoms with van der Waals surface area (Å²) in [7, 11) is 0. The van der Waals surface area contributed by atoms with Gasteiger partial charge in [-0.15, -0.1) is 0 Å². The van der Waals surface area contributed by atoms with Crippen molar-refractivity contribution in [2.45, 2.75) is 64.1 Å². The Hall–Kier alpha value is -3.60. The smallest absolute Gasteiger partial charge is 0.408 e. The topological polar surface area (TPSA) is 176 Å². The first-order valence-corrected chi connectivity index (χ1v) is 11.5. The fourth-order valence-corrected chi connectivity index (χ4v) is 3.46. The minimum Gasteiger partial charge on any atom is -0.480 e. The number of aliphatic carboxylic acids is 1. The second-order valence-electron chi connectivity index (χ2n) is 9.22. The van der Waals surface area contributed by atoms with Crippen molar-refractivity contribution in [1.82, 2.24) is 20.9 Å². The van der Waals surface area contributed by atoms with Gasteiger partial charge in [-0.25, -0.2) is 9.59 Å². The Kier molecular flexibility index (Phi) is 10.1. The third-order valence-corrected chi connectivity index (χ3v) is 5.10. The van der Waals surface area contributed by atoms with Gasteiger partial charge in [0.15, 0.2) is 0 Å². The Morgan fingerprint density at radius 3 is 2.46 bits per heavy atom. The molecule has 192 valence electrons. The van der Waals surface area contributed by atoms with E-state index in [1.54, 1.807) is 27.0 Å². The minimum atomic E-state index is -1.17. The highest BCUT2D eigenvalue weighted by atomic mass is 16.6. The van der Waals surface area contributed by atoms with Gasteiger partial charge in [0.1, 0.15) is 24.2 Å². The van der Waals surface area contributed by atoms with Crippen molar-refractivity contribution in [3.63, 3.8) is 0 Å². The zero-order valence-electron chi connectivity index (χ0n) is 20.3. The van der Waals surface area contributed by atoms with Gasteiger partial charge in [-0.1, -0.05) is 18.2 Å². The molecule has 35 heavy (non-hydrogen) atoms. The Bertz CT molecular complexity index is 1030. The van der Waals surface area contributed by atoms with E-state index in [-0.39, 0.29) is 12.8 Å². The summed E-state index contributed by atoms with van der Waals surface area (Å²) in [4.78, 5) is 52.3. The van der Waals surface area contributed by atoms with Crippen molar-refractivity contribution in [1.29, 1.82) is 0 Å². The molecule has 1 heterocycles. The predicted molar refractivity (Wildman–Crippen MR) is 131 cm³/mol. The van der Waals surface area contributed by atoms with Crippen molar-refractivity contribution in [2.75, 3.05) is 13.1 Å². The number of aromatic amines is 1. The van der Waals surface area contributed by atoms with Gasteiger partial charge in [0, 0.05) is 23.5 Å². The molecule has 0 aliphatic carbocycles. The maximum absolute atomic E-state index is 13.1. The van der Waals surface area contributed by atoms with E-state index >= 15 is 0 Å². The van der Waals surface area contributed by atoms with Gasteiger partial charge in [0.05, 0.1) is 0 Å². The fraction of sp³-hybridized carbons (Fsp3) is 0.500. The summed E-state index contributed by atoms with van der Waals surface area (Å²) in [6, 6.07) is 5.31. The Morgan fingerprint density at radius 1 is 1.09 bits per heavy atom. The van der Waals surface area contributed by atoms with E-state index in [1.807, 2.05) is 24.3 Å². The number of benzene rings is 1. The normalized spacial score (nSPS) is 13.0.